The highest BCUT2D eigenvalue weighted by atomic mass is 32.1. The standard InChI is InChI=1S/C14H15N3O4S/c1-21-11(18)7-4-8-15-14(22)16-17-12(19)9-5-2-3-6-10(9)13(17)20/h2-3,5-6H,4,7-8H2,1H3,(H2,15,16,22). The molecule has 0 aromatic heterocycles. The molecule has 0 bridgehead atoms. The Morgan fingerprint density at radius 3 is 2.36 bits per heavy atom. The number of hydrogen-bond acceptors (Lipinski definition) is 5. The second-order valence-corrected chi connectivity index (χ2v) is 4.95. The number of hydrazine groups is 1. The Bertz CT molecular complexity index is 597. The lowest BCUT2D eigenvalue weighted by Gasteiger charge is -2.17. The van der Waals surface area contributed by atoms with Crippen LogP contribution in [0.5, 0.6) is 0 Å². The normalized spacial score (nSPS) is 12.9. The molecule has 1 aliphatic rings. The van der Waals surface area contributed by atoms with E-state index in [4.69, 9.17) is 12.2 Å². The first-order valence-corrected chi connectivity index (χ1v) is 7.04. The van der Waals surface area contributed by atoms with Crippen molar-refractivity contribution in [3.8, 4) is 0 Å². The summed E-state index contributed by atoms with van der Waals surface area (Å²) < 4.78 is 4.52. The lowest BCUT2D eigenvalue weighted by atomic mass is 10.1. The third kappa shape index (κ3) is 3.40. The van der Waals surface area contributed by atoms with Crippen LogP contribution in [-0.2, 0) is 9.53 Å². The highest BCUT2D eigenvalue weighted by molar-refractivity contribution is 7.80. The molecule has 2 amide bonds. The van der Waals surface area contributed by atoms with Crippen molar-refractivity contribution in [3.63, 3.8) is 0 Å². The zero-order valence-electron chi connectivity index (χ0n) is 11.9. The van der Waals surface area contributed by atoms with Crippen molar-refractivity contribution in [1.82, 2.24) is 15.8 Å². The zero-order valence-corrected chi connectivity index (χ0v) is 12.7. The molecule has 7 nitrogen and oxygen atoms in total. The molecule has 0 radical (unpaired) electrons. The number of imide groups is 1. The fraction of sp³-hybridized carbons (Fsp3) is 0.286. The predicted octanol–water partition coefficient (Wildman–Crippen LogP) is 0.615. The number of fused-ring (bicyclic) bond motifs is 1. The molecule has 22 heavy (non-hydrogen) atoms. The fourth-order valence-electron chi connectivity index (χ4n) is 1.97. The number of esters is 1. The van der Waals surface area contributed by atoms with E-state index < -0.39 is 11.8 Å². The van der Waals surface area contributed by atoms with Gasteiger partial charge in [0.15, 0.2) is 5.11 Å². The van der Waals surface area contributed by atoms with Crippen LogP contribution in [0.25, 0.3) is 0 Å². The van der Waals surface area contributed by atoms with E-state index in [9.17, 15) is 14.4 Å². The van der Waals surface area contributed by atoms with Crippen LogP contribution in [0.1, 0.15) is 33.6 Å². The second-order valence-electron chi connectivity index (χ2n) is 4.54. The maximum Gasteiger partial charge on any atom is 0.305 e. The van der Waals surface area contributed by atoms with Gasteiger partial charge in [0.25, 0.3) is 11.8 Å². The molecule has 0 fully saturated rings. The summed E-state index contributed by atoms with van der Waals surface area (Å²) in [5, 5.41) is 3.84. The zero-order chi connectivity index (χ0) is 16.1. The van der Waals surface area contributed by atoms with E-state index in [0.717, 1.165) is 5.01 Å². The van der Waals surface area contributed by atoms with Gasteiger partial charge in [-0.25, -0.2) is 0 Å². The first-order chi connectivity index (χ1) is 10.5. The molecule has 0 saturated carbocycles. The minimum absolute atomic E-state index is 0.138. The number of nitrogens with one attached hydrogen (secondary N) is 2. The van der Waals surface area contributed by atoms with Crippen LogP contribution in [0, 0.1) is 0 Å². The summed E-state index contributed by atoms with van der Waals surface area (Å²) in [4.78, 5) is 35.1. The van der Waals surface area contributed by atoms with Gasteiger partial charge in [-0.2, -0.15) is 5.01 Å². The Morgan fingerprint density at radius 1 is 1.23 bits per heavy atom. The minimum Gasteiger partial charge on any atom is -0.469 e. The number of hydrogen-bond donors (Lipinski definition) is 2. The number of carbonyl (C=O) groups excluding carboxylic acids is 3. The average molecular weight is 321 g/mol. The summed E-state index contributed by atoms with van der Waals surface area (Å²) >= 11 is 5.03. The molecule has 1 aromatic rings. The molecule has 1 heterocycles. The van der Waals surface area contributed by atoms with Crippen molar-refractivity contribution >= 4 is 35.1 Å². The monoisotopic (exact) mass is 321 g/mol. The first-order valence-electron chi connectivity index (χ1n) is 6.63. The molecule has 0 spiro atoms. The summed E-state index contributed by atoms with van der Waals surface area (Å²) in [5.41, 5.74) is 3.25. The molecule has 116 valence electrons. The molecule has 1 aliphatic heterocycles. The molecule has 0 atom stereocenters. The Labute approximate surface area is 132 Å². The number of amides is 2. The van der Waals surface area contributed by atoms with Crippen molar-refractivity contribution in [3.05, 3.63) is 35.4 Å². The van der Waals surface area contributed by atoms with Gasteiger partial charge in [0, 0.05) is 13.0 Å². The van der Waals surface area contributed by atoms with Crippen molar-refractivity contribution in [2.45, 2.75) is 12.8 Å². The number of rotatable bonds is 5. The lowest BCUT2D eigenvalue weighted by molar-refractivity contribution is -0.140. The van der Waals surface area contributed by atoms with Gasteiger partial charge < -0.3 is 10.1 Å². The van der Waals surface area contributed by atoms with Gasteiger partial charge in [0.05, 0.1) is 18.2 Å². The smallest absolute Gasteiger partial charge is 0.305 e. The van der Waals surface area contributed by atoms with Crippen LogP contribution in [0.2, 0.25) is 0 Å². The first kappa shape index (κ1) is 15.9. The summed E-state index contributed by atoms with van der Waals surface area (Å²) in [6, 6.07) is 6.56. The molecule has 1 aromatic carbocycles. The third-order valence-corrected chi connectivity index (χ3v) is 3.31. The Hall–Kier alpha value is -2.48. The van der Waals surface area contributed by atoms with Crippen molar-refractivity contribution in [2.24, 2.45) is 0 Å². The molecule has 2 N–H and O–H groups in total. The minimum atomic E-state index is -0.445. The van der Waals surface area contributed by atoms with E-state index in [1.165, 1.54) is 7.11 Å². The highest BCUT2D eigenvalue weighted by Crippen LogP contribution is 2.20. The number of thiocarbonyl (C=S) groups is 1. The number of nitrogens with zero attached hydrogens (tertiary/aromatic N) is 1. The van der Waals surface area contributed by atoms with E-state index in [2.05, 4.69) is 15.5 Å². The van der Waals surface area contributed by atoms with Gasteiger partial charge in [-0.1, -0.05) is 12.1 Å². The van der Waals surface area contributed by atoms with Crippen LogP contribution in [0.15, 0.2) is 24.3 Å². The summed E-state index contributed by atoms with van der Waals surface area (Å²) in [7, 11) is 1.32. The number of ether oxygens (including phenoxy) is 1. The van der Waals surface area contributed by atoms with Gasteiger partial charge >= 0.3 is 5.97 Å². The Kier molecular flexibility index (Phi) is 5.05. The summed E-state index contributed by atoms with van der Waals surface area (Å²) in [5.74, 6) is -1.19. The van der Waals surface area contributed by atoms with E-state index in [0.29, 0.717) is 24.1 Å². The van der Waals surface area contributed by atoms with E-state index in [-0.39, 0.29) is 17.5 Å². The number of methoxy groups -OCH3 is 1. The van der Waals surface area contributed by atoms with Crippen molar-refractivity contribution < 1.29 is 19.1 Å². The van der Waals surface area contributed by atoms with Gasteiger partial charge in [-0.3, -0.25) is 19.8 Å². The highest BCUT2D eigenvalue weighted by Gasteiger charge is 2.35. The quantitative estimate of drug-likeness (QED) is 0.356. The molecule has 0 unspecified atom stereocenters. The van der Waals surface area contributed by atoms with Crippen LogP contribution < -0.4 is 10.7 Å². The molecule has 0 aliphatic carbocycles. The molecular weight excluding hydrogens is 306 g/mol. The maximum absolute atomic E-state index is 12.1. The van der Waals surface area contributed by atoms with E-state index >= 15 is 0 Å². The second kappa shape index (κ2) is 6.99. The average Bonchev–Trinajstić information content (AvgIpc) is 2.77. The number of carbonyl (C=O) groups is 3. The van der Waals surface area contributed by atoms with Crippen LogP contribution >= 0.6 is 12.2 Å². The van der Waals surface area contributed by atoms with Crippen LogP contribution in [0.3, 0.4) is 0 Å². The van der Waals surface area contributed by atoms with Gasteiger partial charge in [-0.05, 0) is 30.8 Å². The molecule has 2 rings (SSSR count). The van der Waals surface area contributed by atoms with Crippen molar-refractivity contribution in [1.29, 1.82) is 0 Å². The van der Waals surface area contributed by atoms with Gasteiger partial charge in [0.2, 0.25) is 0 Å². The maximum atomic E-state index is 12.1. The molecule has 8 heteroatoms. The Balaban J connectivity index is 1.85. The molecular formula is C14H15N3O4S. The topological polar surface area (TPSA) is 87.7 Å². The van der Waals surface area contributed by atoms with Gasteiger partial charge in [-0.15, -0.1) is 0 Å². The SMILES string of the molecule is COC(=O)CCCNC(=S)NN1C(=O)c2ccccc2C1=O. The Morgan fingerprint density at radius 2 is 1.82 bits per heavy atom. The van der Waals surface area contributed by atoms with Crippen LogP contribution in [-0.4, -0.2) is 41.6 Å². The van der Waals surface area contributed by atoms with Gasteiger partial charge in [0.1, 0.15) is 0 Å². The van der Waals surface area contributed by atoms with Crippen molar-refractivity contribution in [2.75, 3.05) is 13.7 Å². The summed E-state index contributed by atoms with van der Waals surface area (Å²) in [6.45, 7) is 0.421. The lowest BCUT2D eigenvalue weighted by Crippen LogP contribution is -2.50. The van der Waals surface area contributed by atoms with Crippen LogP contribution in [0.4, 0.5) is 0 Å². The third-order valence-electron chi connectivity index (χ3n) is 3.08. The number of benzene rings is 1. The summed E-state index contributed by atoms with van der Waals surface area (Å²) in [6.07, 6.45) is 0.787. The molecule has 0 saturated heterocycles. The van der Waals surface area contributed by atoms with E-state index in [1.807, 2.05) is 0 Å². The predicted molar refractivity (Wildman–Crippen MR) is 81.9 cm³/mol. The fourth-order valence-corrected chi connectivity index (χ4v) is 2.16. The largest absolute Gasteiger partial charge is 0.469 e. The van der Waals surface area contributed by atoms with E-state index in [1.54, 1.807) is 24.3 Å².